The number of hydrogen-bond donors (Lipinski definition) is 0. The van der Waals surface area contributed by atoms with Crippen molar-refractivity contribution in [3.8, 4) is 11.1 Å². The molecule has 0 fully saturated rings. The van der Waals surface area contributed by atoms with Gasteiger partial charge in [0.05, 0.1) is 5.71 Å². The van der Waals surface area contributed by atoms with Crippen LogP contribution in [-0.4, -0.2) is 17.2 Å². The molecule has 0 amide bonds. The van der Waals surface area contributed by atoms with E-state index in [4.69, 9.17) is 0 Å². The van der Waals surface area contributed by atoms with Gasteiger partial charge in [0.25, 0.3) is 0 Å². The Morgan fingerprint density at radius 2 is 1.81 bits per heavy atom. The zero-order valence-electron chi connectivity index (χ0n) is 14.7. The van der Waals surface area contributed by atoms with E-state index in [0.29, 0.717) is 11.1 Å². The fourth-order valence-electron chi connectivity index (χ4n) is 3.31. The van der Waals surface area contributed by atoms with E-state index in [0.717, 1.165) is 41.8 Å². The summed E-state index contributed by atoms with van der Waals surface area (Å²) in [5, 5.41) is 0. The van der Waals surface area contributed by atoms with Crippen molar-refractivity contribution in [2.45, 2.75) is 12.8 Å². The molecule has 0 atom stereocenters. The quantitative estimate of drug-likeness (QED) is 0.589. The van der Waals surface area contributed by atoms with Crippen LogP contribution in [0.15, 0.2) is 77.6 Å². The molecule has 1 aliphatic heterocycles. The zero-order chi connectivity index (χ0) is 18.6. The lowest BCUT2D eigenvalue weighted by Crippen LogP contribution is -2.11. The first-order chi connectivity index (χ1) is 13.2. The number of aromatic nitrogens is 1. The molecule has 0 radical (unpaired) electrons. The summed E-state index contributed by atoms with van der Waals surface area (Å²) < 4.78 is 27.9. The molecule has 0 spiro atoms. The summed E-state index contributed by atoms with van der Waals surface area (Å²) in [4.78, 5) is 8.85. The average molecular weight is 360 g/mol. The van der Waals surface area contributed by atoms with Gasteiger partial charge in [-0.2, -0.15) is 0 Å². The standard InChI is InChI=1S/C23H18F2N2/c24-20-7-1-4-17(14-20)21-13-16(8-9-22(21)25)12-18-5-3-11-27-23(18)19-6-2-10-26-15-19/h1-2,4,6-10,12-15H,3,5,11H2. The maximum atomic E-state index is 14.3. The zero-order valence-corrected chi connectivity index (χ0v) is 14.7. The lowest BCUT2D eigenvalue weighted by Gasteiger charge is -2.16. The third kappa shape index (κ3) is 3.85. The van der Waals surface area contributed by atoms with Crippen LogP contribution in [0.1, 0.15) is 24.0 Å². The molecule has 3 aromatic rings. The average Bonchev–Trinajstić information content (AvgIpc) is 2.70. The summed E-state index contributed by atoms with van der Waals surface area (Å²) in [6, 6.07) is 14.8. The molecule has 27 heavy (non-hydrogen) atoms. The van der Waals surface area contributed by atoms with E-state index in [-0.39, 0.29) is 11.6 Å². The van der Waals surface area contributed by atoms with Gasteiger partial charge in [-0.25, -0.2) is 8.78 Å². The van der Waals surface area contributed by atoms with E-state index >= 15 is 0 Å². The lowest BCUT2D eigenvalue weighted by atomic mass is 9.94. The maximum Gasteiger partial charge on any atom is 0.131 e. The SMILES string of the molecule is Fc1cccc(-c2cc(C=C3CCCN=C3c3cccnc3)ccc2F)c1. The Morgan fingerprint density at radius 1 is 0.926 bits per heavy atom. The number of pyridine rings is 1. The highest BCUT2D eigenvalue weighted by molar-refractivity contribution is 6.15. The molecule has 0 N–H and O–H groups in total. The minimum Gasteiger partial charge on any atom is -0.284 e. The van der Waals surface area contributed by atoms with E-state index in [1.54, 1.807) is 36.7 Å². The Bertz CT molecular complexity index is 1020. The molecular formula is C23H18F2N2. The van der Waals surface area contributed by atoms with Crippen LogP contribution in [0.3, 0.4) is 0 Å². The molecule has 2 aromatic carbocycles. The first-order valence-corrected chi connectivity index (χ1v) is 8.92. The van der Waals surface area contributed by atoms with Gasteiger partial charge in [0, 0.05) is 30.1 Å². The van der Waals surface area contributed by atoms with Gasteiger partial charge in [-0.1, -0.05) is 18.2 Å². The Kier molecular flexibility index (Phi) is 4.88. The number of allylic oxidation sites excluding steroid dienone is 1. The van der Waals surface area contributed by atoms with E-state index in [9.17, 15) is 8.78 Å². The molecule has 2 heterocycles. The second-order valence-corrected chi connectivity index (χ2v) is 6.49. The van der Waals surface area contributed by atoms with Crippen molar-refractivity contribution in [3.63, 3.8) is 0 Å². The molecule has 4 heteroatoms. The molecular weight excluding hydrogens is 342 g/mol. The first-order valence-electron chi connectivity index (χ1n) is 8.92. The third-order valence-corrected chi connectivity index (χ3v) is 4.58. The summed E-state index contributed by atoms with van der Waals surface area (Å²) in [7, 11) is 0. The summed E-state index contributed by atoms with van der Waals surface area (Å²) in [6.07, 6.45) is 7.46. The highest BCUT2D eigenvalue weighted by atomic mass is 19.1. The molecule has 4 rings (SSSR count). The summed E-state index contributed by atoms with van der Waals surface area (Å²) >= 11 is 0. The highest BCUT2D eigenvalue weighted by Crippen LogP contribution is 2.27. The van der Waals surface area contributed by atoms with E-state index < -0.39 is 0 Å². The van der Waals surface area contributed by atoms with Crippen LogP contribution >= 0.6 is 0 Å². The van der Waals surface area contributed by atoms with Crippen LogP contribution in [-0.2, 0) is 0 Å². The van der Waals surface area contributed by atoms with Crippen LogP contribution in [0.2, 0.25) is 0 Å². The Hall–Kier alpha value is -3.14. The van der Waals surface area contributed by atoms with Crippen molar-refractivity contribution in [2.24, 2.45) is 4.99 Å². The largest absolute Gasteiger partial charge is 0.284 e. The van der Waals surface area contributed by atoms with Gasteiger partial charge in [0.2, 0.25) is 0 Å². The van der Waals surface area contributed by atoms with Gasteiger partial charge in [-0.15, -0.1) is 0 Å². The lowest BCUT2D eigenvalue weighted by molar-refractivity contribution is 0.624. The monoisotopic (exact) mass is 360 g/mol. The van der Waals surface area contributed by atoms with Crippen molar-refractivity contribution < 1.29 is 8.78 Å². The number of aliphatic imine (C=N–C) groups is 1. The summed E-state index contributed by atoms with van der Waals surface area (Å²) in [5.41, 5.74) is 4.80. The molecule has 2 nitrogen and oxygen atoms in total. The van der Waals surface area contributed by atoms with Gasteiger partial charge in [0.1, 0.15) is 11.6 Å². The third-order valence-electron chi connectivity index (χ3n) is 4.58. The predicted molar refractivity (Wildman–Crippen MR) is 105 cm³/mol. The van der Waals surface area contributed by atoms with Gasteiger partial charge in [0.15, 0.2) is 0 Å². The number of nitrogens with zero attached hydrogens (tertiary/aromatic N) is 2. The maximum absolute atomic E-state index is 14.3. The van der Waals surface area contributed by atoms with Gasteiger partial charge in [-0.05, 0) is 72.0 Å². The predicted octanol–water partition coefficient (Wildman–Crippen LogP) is 5.69. The van der Waals surface area contributed by atoms with Gasteiger partial charge < -0.3 is 0 Å². The Labute approximate surface area is 156 Å². The molecule has 0 saturated carbocycles. The minimum absolute atomic E-state index is 0.368. The highest BCUT2D eigenvalue weighted by Gasteiger charge is 2.15. The van der Waals surface area contributed by atoms with E-state index in [1.807, 2.05) is 18.2 Å². The molecule has 0 aliphatic carbocycles. The van der Waals surface area contributed by atoms with Crippen LogP contribution < -0.4 is 0 Å². The summed E-state index contributed by atoms with van der Waals surface area (Å²) in [5.74, 6) is -0.749. The number of rotatable bonds is 3. The molecule has 0 unspecified atom stereocenters. The van der Waals surface area contributed by atoms with Crippen LogP contribution in [0.25, 0.3) is 17.2 Å². The molecule has 1 aliphatic rings. The topological polar surface area (TPSA) is 25.2 Å². The molecule has 1 aromatic heterocycles. The van der Waals surface area contributed by atoms with Crippen molar-refractivity contribution in [2.75, 3.05) is 6.54 Å². The molecule has 0 bridgehead atoms. The second-order valence-electron chi connectivity index (χ2n) is 6.49. The van der Waals surface area contributed by atoms with E-state index in [1.165, 1.54) is 18.2 Å². The smallest absolute Gasteiger partial charge is 0.131 e. The van der Waals surface area contributed by atoms with Gasteiger partial charge in [-0.3, -0.25) is 9.98 Å². The van der Waals surface area contributed by atoms with Gasteiger partial charge >= 0.3 is 0 Å². The van der Waals surface area contributed by atoms with Crippen molar-refractivity contribution in [3.05, 3.63) is 95.3 Å². The van der Waals surface area contributed by atoms with Crippen LogP contribution in [0.5, 0.6) is 0 Å². The Balaban J connectivity index is 1.74. The fourth-order valence-corrected chi connectivity index (χ4v) is 3.31. The first kappa shape index (κ1) is 17.3. The normalized spacial score (nSPS) is 15.6. The van der Waals surface area contributed by atoms with Crippen LogP contribution in [0.4, 0.5) is 8.78 Å². The van der Waals surface area contributed by atoms with Crippen molar-refractivity contribution >= 4 is 11.8 Å². The van der Waals surface area contributed by atoms with Crippen LogP contribution in [0, 0.1) is 11.6 Å². The Morgan fingerprint density at radius 3 is 2.63 bits per heavy atom. The van der Waals surface area contributed by atoms with Crippen molar-refractivity contribution in [1.29, 1.82) is 0 Å². The van der Waals surface area contributed by atoms with Crippen molar-refractivity contribution in [1.82, 2.24) is 4.98 Å². The molecule has 0 saturated heterocycles. The number of hydrogen-bond acceptors (Lipinski definition) is 2. The summed E-state index contributed by atoms with van der Waals surface area (Å²) in [6.45, 7) is 0.791. The number of benzene rings is 2. The second kappa shape index (κ2) is 7.62. The van der Waals surface area contributed by atoms with E-state index in [2.05, 4.69) is 9.98 Å². The fraction of sp³-hybridized carbons (Fsp3) is 0.130. The molecule has 134 valence electrons. The number of halogens is 2. The minimum atomic E-state index is -0.381.